The second-order valence-corrected chi connectivity index (χ2v) is 6.31. The molecule has 1 heterocycles. The predicted octanol–water partition coefficient (Wildman–Crippen LogP) is -0.122. The van der Waals surface area contributed by atoms with Gasteiger partial charge in [-0.3, -0.25) is 0 Å². The second kappa shape index (κ2) is 5.09. The van der Waals surface area contributed by atoms with E-state index in [0.717, 1.165) is 19.5 Å². The Hall–Kier alpha value is -0.130. The fourth-order valence-corrected chi connectivity index (χ4v) is 2.53. The summed E-state index contributed by atoms with van der Waals surface area (Å²) in [5, 5.41) is 9.25. The van der Waals surface area contributed by atoms with Gasteiger partial charge in [-0.2, -0.15) is 0 Å². The van der Waals surface area contributed by atoms with Gasteiger partial charge in [-0.05, 0) is 19.4 Å². The molecule has 0 amide bonds. The summed E-state index contributed by atoms with van der Waals surface area (Å²) in [5.74, 6) is 0.506. The summed E-state index contributed by atoms with van der Waals surface area (Å²) in [6.07, 6.45) is 1.29. The van der Waals surface area contributed by atoms with Gasteiger partial charge in [0, 0.05) is 18.8 Å². The zero-order valence-corrected chi connectivity index (χ0v) is 9.46. The van der Waals surface area contributed by atoms with E-state index in [1.54, 1.807) is 6.92 Å². The zero-order chi connectivity index (χ0) is 10.6. The van der Waals surface area contributed by atoms with Crippen molar-refractivity contribution in [1.29, 1.82) is 0 Å². The Morgan fingerprint density at radius 3 is 2.71 bits per heavy atom. The van der Waals surface area contributed by atoms with E-state index in [2.05, 4.69) is 4.90 Å². The van der Waals surface area contributed by atoms with Gasteiger partial charge in [0.2, 0.25) is 0 Å². The van der Waals surface area contributed by atoms with Crippen LogP contribution >= 0.6 is 0 Å². The van der Waals surface area contributed by atoms with E-state index < -0.39 is 9.84 Å². The van der Waals surface area contributed by atoms with Crippen molar-refractivity contribution < 1.29 is 13.5 Å². The molecule has 1 aliphatic heterocycles. The van der Waals surface area contributed by atoms with Crippen molar-refractivity contribution in [2.45, 2.75) is 25.9 Å². The smallest absolute Gasteiger partial charge is 0.150 e. The minimum atomic E-state index is -2.81. The molecule has 0 aromatic rings. The average Bonchev–Trinajstić information content (AvgIpc) is 2.51. The van der Waals surface area contributed by atoms with Crippen LogP contribution in [0.4, 0.5) is 0 Å². The zero-order valence-electron chi connectivity index (χ0n) is 8.65. The van der Waals surface area contributed by atoms with Gasteiger partial charge in [-0.25, -0.2) is 8.42 Å². The first-order chi connectivity index (χ1) is 6.53. The lowest BCUT2D eigenvalue weighted by atomic mass is 10.3. The van der Waals surface area contributed by atoms with Crippen LogP contribution in [0, 0.1) is 0 Å². The summed E-state index contributed by atoms with van der Waals surface area (Å²) in [6.45, 7) is 4.06. The van der Waals surface area contributed by atoms with Gasteiger partial charge in [0.15, 0.2) is 0 Å². The summed E-state index contributed by atoms with van der Waals surface area (Å²) in [5.41, 5.74) is 0. The second-order valence-electron chi connectivity index (χ2n) is 3.83. The molecule has 1 atom stereocenters. The number of hydrogen-bond acceptors (Lipinski definition) is 4. The van der Waals surface area contributed by atoms with Crippen LogP contribution in [-0.2, 0) is 9.84 Å². The highest BCUT2D eigenvalue weighted by Crippen LogP contribution is 2.09. The fourth-order valence-electron chi connectivity index (χ4n) is 1.67. The number of rotatable bonds is 5. The Labute approximate surface area is 85.8 Å². The van der Waals surface area contributed by atoms with Crippen molar-refractivity contribution in [3.8, 4) is 0 Å². The maximum Gasteiger partial charge on any atom is 0.150 e. The number of β-amino-alcohol motifs (C(OH)–C–C–N with tert-alkyl or cyclic N) is 1. The molecular weight excluding hydrogens is 202 g/mol. The SMILES string of the molecule is CCS(=O)(=O)CCCN1CC[C@@H](O)C1. The molecule has 14 heavy (non-hydrogen) atoms. The standard InChI is InChI=1S/C9H19NO3S/c1-2-14(12,13)7-3-5-10-6-4-9(11)8-10/h9,11H,2-8H2,1H3/t9-/m1/s1. The summed E-state index contributed by atoms with van der Waals surface area (Å²) >= 11 is 0. The Bertz CT molecular complexity index is 263. The summed E-state index contributed by atoms with van der Waals surface area (Å²) in [7, 11) is -2.81. The third-order valence-electron chi connectivity index (χ3n) is 2.62. The topological polar surface area (TPSA) is 57.6 Å². The van der Waals surface area contributed by atoms with E-state index in [-0.39, 0.29) is 17.6 Å². The number of sulfone groups is 1. The van der Waals surface area contributed by atoms with E-state index in [0.29, 0.717) is 13.0 Å². The number of nitrogens with zero attached hydrogens (tertiary/aromatic N) is 1. The van der Waals surface area contributed by atoms with Crippen LogP contribution in [0.5, 0.6) is 0 Å². The van der Waals surface area contributed by atoms with Crippen molar-refractivity contribution in [2.75, 3.05) is 31.1 Å². The first-order valence-corrected chi connectivity index (χ1v) is 6.96. The molecule has 1 fully saturated rings. The van der Waals surface area contributed by atoms with Crippen LogP contribution in [-0.4, -0.2) is 55.7 Å². The maximum absolute atomic E-state index is 11.2. The van der Waals surface area contributed by atoms with Gasteiger partial charge in [0.05, 0.1) is 11.9 Å². The van der Waals surface area contributed by atoms with E-state index in [9.17, 15) is 13.5 Å². The van der Waals surface area contributed by atoms with Crippen molar-refractivity contribution >= 4 is 9.84 Å². The molecule has 5 heteroatoms. The largest absolute Gasteiger partial charge is 0.392 e. The summed E-state index contributed by atoms with van der Waals surface area (Å²) < 4.78 is 22.3. The molecule has 0 saturated carbocycles. The fraction of sp³-hybridized carbons (Fsp3) is 1.00. The van der Waals surface area contributed by atoms with E-state index in [4.69, 9.17) is 0 Å². The molecule has 1 rings (SSSR count). The van der Waals surface area contributed by atoms with Gasteiger partial charge in [-0.15, -0.1) is 0 Å². The lowest BCUT2D eigenvalue weighted by Crippen LogP contribution is -2.25. The van der Waals surface area contributed by atoms with Crippen LogP contribution in [0.25, 0.3) is 0 Å². The van der Waals surface area contributed by atoms with Crippen molar-refractivity contribution in [1.82, 2.24) is 4.90 Å². The quantitative estimate of drug-likeness (QED) is 0.703. The van der Waals surface area contributed by atoms with Crippen LogP contribution in [0.15, 0.2) is 0 Å². The molecule has 0 aliphatic carbocycles. The van der Waals surface area contributed by atoms with Crippen molar-refractivity contribution in [2.24, 2.45) is 0 Å². The van der Waals surface area contributed by atoms with Crippen LogP contribution in [0.2, 0.25) is 0 Å². The maximum atomic E-state index is 11.2. The summed E-state index contributed by atoms with van der Waals surface area (Å²) in [6, 6.07) is 0. The van der Waals surface area contributed by atoms with Crippen LogP contribution in [0.3, 0.4) is 0 Å². The monoisotopic (exact) mass is 221 g/mol. The highest BCUT2D eigenvalue weighted by atomic mass is 32.2. The Kier molecular flexibility index (Phi) is 4.34. The lowest BCUT2D eigenvalue weighted by molar-refractivity contribution is 0.176. The van der Waals surface area contributed by atoms with Gasteiger partial charge in [0.1, 0.15) is 9.84 Å². The minimum Gasteiger partial charge on any atom is -0.392 e. The molecule has 4 nitrogen and oxygen atoms in total. The van der Waals surface area contributed by atoms with Crippen LogP contribution in [0.1, 0.15) is 19.8 Å². The Balaban J connectivity index is 2.16. The normalized spacial score (nSPS) is 24.3. The highest BCUT2D eigenvalue weighted by Gasteiger charge is 2.19. The summed E-state index contributed by atoms with van der Waals surface area (Å²) in [4.78, 5) is 2.12. The molecular formula is C9H19NO3S. The lowest BCUT2D eigenvalue weighted by Gasteiger charge is -2.13. The van der Waals surface area contributed by atoms with Crippen LogP contribution < -0.4 is 0 Å². The first kappa shape index (κ1) is 11.9. The number of aliphatic hydroxyl groups excluding tert-OH is 1. The Morgan fingerprint density at radius 2 is 2.21 bits per heavy atom. The highest BCUT2D eigenvalue weighted by molar-refractivity contribution is 7.91. The van der Waals surface area contributed by atoms with Gasteiger partial charge in [0.25, 0.3) is 0 Å². The molecule has 84 valence electrons. The van der Waals surface area contributed by atoms with E-state index in [1.165, 1.54) is 0 Å². The van der Waals surface area contributed by atoms with Gasteiger partial charge in [-0.1, -0.05) is 6.92 Å². The predicted molar refractivity (Wildman–Crippen MR) is 56.0 cm³/mol. The number of likely N-dealkylation sites (tertiary alicyclic amines) is 1. The van der Waals surface area contributed by atoms with Gasteiger partial charge >= 0.3 is 0 Å². The molecule has 0 aromatic heterocycles. The third-order valence-corrected chi connectivity index (χ3v) is 4.41. The molecule has 1 aliphatic rings. The molecule has 0 spiro atoms. The molecule has 0 bridgehead atoms. The first-order valence-electron chi connectivity index (χ1n) is 5.14. The van der Waals surface area contributed by atoms with E-state index in [1.807, 2.05) is 0 Å². The van der Waals surface area contributed by atoms with E-state index >= 15 is 0 Å². The van der Waals surface area contributed by atoms with Gasteiger partial charge < -0.3 is 10.0 Å². The molecule has 0 aromatic carbocycles. The molecule has 1 saturated heterocycles. The molecule has 1 N–H and O–H groups in total. The van der Waals surface area contributed by atoms with Crippen molar-refractivity contribution in [3.63, 3.8) is 0 Å². The molecule has 0 unspecified atom stereocenters. The minimum absolute atomic E-state index is 0.210. The number of hydrogen-bond donors (Lipinski definition) is 1. The third kappa shape index (κ3) is 3.94. The number of aliphatic hydroxyl groups is 1. The average molecular weight is 221 g/mol. The molecule has 0 radical (unpaired) electrons. The van der Waals surface area contributed by atoms with Crippen molar-refractivity contribution in [3.05, 3.63) is 0 Å². The Morgan fingerprint density at radius 1 is 1.50 bits per heavy atom.